The molecule has 0 aromatic carbocycles. The minimum atomic E-state index is -1.09. The molecule has 0 unspecified atom stereocenters. The molecule has 2 aliphatic rings. The van der Waals surface area contributed by atoms with Crippen molar-refractivity contribution in [1.29, 1.82) is 0 Å². The second kappa shape index (κ2) is 8.30. The molecule has 7 nitrogen and oxygen atoms in total. The van der Waals surface area contributed by atoms with Crippen LogP contribution in [0.15, 0.2) is 18.5 Å². The van der Waals surface area contributed by atoms with Gasteiger partial charge in [-0.05, 0) is 55.5 Å². The molecule has 2 N–H and O–H groups in total. The summed E-state index contributed by atoms with van der Waals surface area (Å²) in [7, 11) is -1.09. The lowest BCUT2D eigenvalue weighted by molar-refractivity contribution is 0.0899. The van der Waals surface area contributed by atoms with Gasteiger partial charge in [0.25, 0.3) is 0 Å². The van der Waals surface area contributed by atoms with Gasteiger partial charge in [-0.2, -0.15) is 0 Å². The average Bonchev–Trinajstić information content (AvgIpc) is 3.31. The smallest absolute Gasteiger partial charge is 0.320 e. The third-order valence-corrected chi connectivity index (χ3v) is 8.38. The van der Waals surface area contributed by atoms with Gasteiger partial charge in [0.1, 0.15) is 12.2 Å². The first-order valence-electron chi connectivity index (χ1n) is 11.2. The van der Waals surface area contributed by atoms with Crippen LogP contribution in [0.4, 0.5) is 10.6 Å². The van der Waals surface area contributed by atoms with Crippen molar-refractivity contribution >= 4 is 31.1 Å². The molecule has 4 rings (SSSR count). The Labute approximate surface area is 180 Å². The Morgan fingerprint density at radius 1 is 1.33 bits per heavy atom. The van der Waals surface area contributed by atoms with Crippen molar-refractivity contribution in [3.63, 3.8) is 0 Å². The molecule has 2 atom stereocenters. The second-order valence-corrected chi connectivity index (χ2v) is 16.1. The summed E-state index contributed by atoms with van der Waals surface area (Å²) in [5.74, 6) is 0.993. The van der Waals surface area contributed by atoms with E-state index < -0.39 is 8.07 Å². The number of fused-ring (bicyclic) bond motifs is 1. The van der Waals surface area contributed by atoms with E-state index in [1.165, 1.54) is 25.7 Å². The molecule has 30 heavy (non-hydrogen) atoms. The third-order valence-electron chi connectivity index (χ3n) is 6.68. The van der Waals surface area contributed by atoms with Crippen molar-refractivity contribution in [1.82, 2.24) is 19.9 Å². The lowest BCUT2D eigenvalue weighted by atomic mass is 9.77. The zero-order valence-corrected chi connectivity index (χ0v) is 19.7. The van der Waals surface area contributed by atoms with E-state index in [-0.39, 0.29) is 12.1 Å². The van der Waals surface area contributed by atoms with Crippen LogP contribution in [0.25, 0.3) is 11.2 Å². The SMILES string of the molecule is C[C@H]1CCC2(CC2)C[C@H]1NC(=O)Nc1cnc2c(ccn2COCC[Si](C)(C)C)n1. The zero-order chi connectivity index (χ0) is 21.4. The quantitative estimate of drug-likeness (QED) is 0.488. The number of urea groups is 1. The number of ether oxygens (including phenoxy) is 1. The molecule has 2 amide bonds. The fraction of sp³-hybridized carbons (Fsp3) is 0.682. The van der Waals surface area contributed by atoms with Crippen LogP contribution in [-0.4, -0.2) is 41.3 Å². The highest BCUT2D eigenvalue weighted by molar-refractivity contribution is 6.76. The van der Waals surface area contributed by atoms with Crippen LogP contribution < -0.4 is 10.6 Å². The number of aromatic nitrogens is 3. The Morgan fingerprint density at radius 2 is 2.13 bits per heavy atom. The molecule has 0 aliphatic heterocycles. The monoisotopic (exact) mass is 429 g/mol. The molecule has 0 saturated heterocycles. The van der Waals surface area contributed by atoms with Gasteiger partial charge in [0.05, 0.1) is 6.20 Å². The number of hydrogen-bond acceptors (Lipinski definition) is 4. The number of anilines is 1. The molecule has 8 heteroatoms. The van der Waals surface area contributed by atoms with E-state index in [0.717, 1.165) is 30.2 Å². The summed E-state index contributed by atoms with van der Waals surface area (Å²) in [5, 5.41) is 6.04. The van der Waals surface area contributed by atoms with E-state index in [0.29, 0.717) is 23.9 Å². The van der Waals surface area contributed by atoms with E-state index in [9.17, 15) is 4.79 Å². The summed E-state index contributed by atoms with van der Waals surface area (Å²) in [4.78, 5) is 21.6. The van der Waals surface area contributed by atoms with Crippen molar-refractivity contribution in [2.24, 2.45) is 11.3 Å². The summed E-state index contributed by atoms with van der Waals surface area (Å²) in [6.07, 6.45) is 9.81. The van der Waals surface area contributed by atoms with Crippen molar-refractivity contribution < 1.29 is 9.53 Å². The molecule has 1 spiro atoms. The first-order chi connectivity index (χ1) is 14.2. The van der Waals surface area contributed by atoms with Gasteiger partial charge in [-0.15, -0.1) is 0 Å². The van der Waals surface area contributed by atoms with Gasteiger partial charge in [-0.3, -0.25) is 5.32 Å². The Balaban J connectivity index is 1.32. The standard InChI is InChI=1S/C22H35N5O2Si/c1-16-5-7-22(8-9-22)13-18(16)25-21(28)26-19-14-23-20-17(24-19)6-10-27(20)15-29-11-12-30(2,3)4/h6,10,14,16,18H,5,7-9,11-13,15H2,1-4H3,(H2,24,25,26,28)/t16-,18+/m0/s1. The number of nitrogens with one attached hydrogen (secondary N) is 2. The molecule has 2 aliphatic carbocycles. The Kier molecular flexibility index (Phi) is 5.90. The van der Waals surface area contributed by atoms with E-state index in [4.69, 9.17) is 4.74 Å². The fourth-order valence-electron chi connectivity index (χ4n) is 4.32. The Morgan fingerprint density at radius 3 is 2.87 bits per heavy atom. The van der Waals surface area contributed by atoms with Crippen LogP contribution in [0.1, 0.15) is 39.0 Å². The molecule has 2 heterocycles. The van der Waals surface area contributed by atoms with Gasteiger partial charge < -0.3 is 14.6 Å². The summed E-state index contributed by atoms with van der Waals surface area (Å²) < 4.78 is 7.78. The van der Waals surface area contributed by atoms with Gasteiger partial charge in [0.15, 0.2) is 11.5 Å². The number of rotatable bonds is 7. The van der Waals surface area contributed by atoms with E-state index >= 15 is 0 Å². The average molecular weight is 430 g/mol. The highest BCUT2D eigenvalue weighted by atomic mass is 28.3. The fourth-order valence-corrected chi connectivity index (χ4v) is 5.07. The molecule has 2 fully saturated rings. The molecule has 2 aromatic heterocycles. The number of amides is 2. The normalized spacial score (nSPS) is 22.9. The third kappa shape index (κ3) is 5.21. The highest BCUT2D eigenvalue weighted by Crippen LogP contribution is 2.57. The molecule has 2 saturated carbocycles. The molecule has 164 valence electrons. The largest absolute Gasteiger partial charge is 0.361 e. The van der Waals surface area contributed by atoms with Crippen molar-refractivity contribution in [3.8, 4) is 0 Å². The lowest BCUT2D eigenvalue weighted by Crippen LogP contribution is -2.45. The molecule has 0 radical (unpaired) electrons. The number of hydrogen-bond donors (Lipinski definition) is 2. The van der Waals surface area contributed by atoms with Crippen LogP contribution in [-0.2, 0) is 11.5 Å². The van der Waals surface area contributed by atoms with Crippen LogP contribution in [0.2, 0.25) is 25.7 Å². The van der Waals surface area contributed by atoms with Gasteiger partial charge in [0.2, 0.25) is 0 Å². The molecule has 2 aromatic rings. The lowest BCUT2D eigenvalue weighted by Gasteiger charge is -2.35. The zero-order valence-electron chi connectivity index (χ0n) is 18.7. The summed E-state index contributed by atoms with van der Waals surface area (Å²) in [6.45, 7) is 10.5. The van der Waals surface area contributed by atoms with Crippen LogP contribution in [0.5, 0.6) is 0 Å². The minimum Gasteiger partial charge on any atom is -0.361 e. The highest BCUT2D eigenvalue weighted by Gasteiger charge is 2.47. The number of carbonyl (C=O) groups is 1. The molecular weight excluding hydrogens is 394 g/mol. The van der Waals surface area contributed by atoms with Crippen molar-refractivity contribution in [2.75, 3.05) is 11.9 Å². The Bertz CT molecular complexity index is 903. The van der Waals surface area contributed by atoms with Crippen LogP contribution >= 0.6 is 0 Å². The summed E-state index contributed by atoms with van der Waals surface area (Å²) in [5.41, 5.74) is 2.04. The minimum absolute atomic E-state index is 0.188. The van der Waals surface area contributed by atoms with Gasteiger partial charge in [0, 0.05) is 26.9 Å². The van der Waals surface area contributed by atoms with Gasteiger partial charge in [-0.1, -0.05) is 26.6 Å². The maximum absolute atomic E-state index is 12.5. The van der Waals surface area contributed by atoms with Crippen molar-refractivity contribution in [2.45, 2.75) is 77.5 Å². The Hall–Kier alpha value is -1.93. The van der Waals surface area contributed by atoms with Gasteiger partial charge >= 0.3 is 6.03 Å². The molecular formula is C22H35N5O2Si. The predicted octanol–water partition coefficient (Wildman–Crippen LogP) is 4.83. The van der Waals surface area contributed by atoms with Crippen molar-refractivity contribution in [3.05, 3.63) is 18.5 Å². The predicted molar refractivity (Wildman–Crippen MR) is 122 cm³/mol. The second-order valence-electron chi connectivity index (χ2n) is 10.5. The van der Waals surface area contributed by atoms with Gasteiger partial charge in [-0.25, -0.2) is 14.8 Å². The van der Waals surface area contributed by atoms with Crippen LogP contribution in [0, 0.1) is 11.3 Å². The number of carbonyl (C=O) groups excluding carboxylic acids is 1. The van der Waals surface area contributed by atoms with Crippen LogP contribution in [0.3, 0.4) is 0 Å². The summed E-state index contributed by atoms with van der Waals surface area (Å²) >= 11 is 0. The number of nitrogens with zero attached hydrogens (tertiary/aromatic N) is 3. The van der Waals surface area contributed by atoms with E-state index in [1.807, 2.05) is 16.8 Å². The first-order valence-corrected chi connectivity index (χ1v) is 14.9. The van der Waals surface area contributed by atoms with E-state index in [1.54, 1.807) is 6.20 Å². The maximum Gasteiger partial charge on any atom is 0.320 e. The first kappa shape index (κ1) is 21.3. The topological polar surface area (TPSA) is 81.1 Å². The maximum atomic E-state index is 12.5. The van der Waals surface area contributed by atoms with E-state index in [2.05, 4.69) is 47.2 Å². The molecule has 0 bridgehead atoms. The summed E-state index contributed by atoms with van der Waals surface area (Å²) in [6, 6.07) is 3.11.